The molecule has 15 heteroatoms. The van der Waals surface area contributed by atoms with E-state index in [0.29, 0.717) is 55.3 Å². The lowest BCUT2D eigenvalue weighted by Gasteiger charge is -2.34. The minimum atomic E-state index is -4.59. The first-order chi connectivity index (χ1) is 22.1. The fourth-order valence-electron chi connectivity index (χ4n) is 5.73. The Morgan fingerprint density at radius 3 is 2.82 bits per heavy atom. The number of fused-ring (bicyclic) bond motifs is 2. The van der Waals surface area contributed by atoms with Gasteiger partial charge in [-0.3, -0.25) is 9.59 Å². The zero-order valence-corrected chi connectivity index (χ0v) is 25.5. The first-order valence-electron chi connectivity index (χ1n) is 15.7. The molecule has 44 heavy (non-hydrogen) atoms. The van der Waals surface area contributed by atoms with Crippen molar-refractivity contribution in [1.29, 1.82) is 0 Å². The second kappa shape index (κ2) is 11.8. The number of carbonyl (C=O) groups is 1. The molecular formula is C29H32ClF3N8O2S. The van der Waals surface area contributed by atoms with E-state index in [1.165, 1.54) is 20.8 Å². The van der Waals surface area contributed by atoms with Crippen molar-refractivity contribution < 1.29 is 22.1 Å². The molecule has 1 saturated heterocycles. The Morgan fingerprint density at radius 1 is 1.30 bits per heavy atom. The number of nitrogens with zero attached hydrogens (tertiary/aromatic N) is 6. The molecule has 10 nitrogen and oxygen atoms in total. The highest BCUT2D eigenvalue weighted by molar-refractivity contribution is 7.15. The summed E-state index contributed by atoms with van der Waals surface area (Å²) in [6.07, 6.45) is -3.68. The molecule has 234 valence electrons. The number of halogens is 4. The zero-order chi connectivity index (χ0) is 33.8. The van der Waals surface area contributed by atoms with Gasteiger partial charge in [0.15, 0.2) is 5.82 Å². The van der Waals surface area contributed by atoms with Gasteiger partial charge in [-0.1, -0.05) is 18.5 Å². The van der Waals surface area contributed by atoms with Gasteiger partial charge in [0, 0.05) is 47.8 Å². The van der Waals surface area contributed by atoms with Gasteiger partial charge in [0.2, 0.25) is 11.7 Å². The van der Waals surface area contributed by atoms with Crippen molar-refractivity contribution in [2.24, 2.45) is 0 Å². The Bertz CT molecular complexity index is 1910. The molecule has 1 aromatic carbocycles. The number of thiophene rings is 1. The molecule has 0 bridgehead atoms. The Balaban J connectivity index is 1.42. The SMILES string of the molecule is [2H]C([2H])([2H])N1CCc2cc(-c3nc4n(CC(=O)Nc5ccc(C(F)(F)F)cc5Cl)c(CC)c(N5CCN[C@H](C)C5)c(=O)n4n3)sc2C1. The predicted molar refractivity (Wildman–Crippen MR) is 165 cm³/mol. The number of aromatic nitrogens is 4. The van der Waals surface area contributed by atoms with Crippen LogP contribution in [0.3, 0.4) is 0 Å². The van der Waals surface area contributed by atoms with E-state index in [9.17, 15) is 22.8 Å². The first-order valence-corrected chi connectivity index (χ1v) is 15.4. The molecule has 1 amide bonds. The van der Waals surface area contributed by atoms with Crippen LogP contribution in [0, 0.1) is 0 Å². The van der Waals surface area contributed by atoms with E-state index in [1.54, 1.807) is 4.57 Å². The van der Waals surface area contributed by atoms with Crippen LogP contribution in [-0.4, -0.2) is 69.2 Å². The number of carbonyl (C=O) groups excluding carboxylic acids is 1. The minimum absolute atomic E-state index is 0.00774. The molecule has 0 radical (unpaired) electrons. The molecular weight excluding hydrogens is 617 g/mol. The van der Waals surface area contributed by atoms with Gasteiger partial charge in [0.1, 0.15) is 12.2 Å². The standard InChI is InChI=1S/C29H32ClF3N8O2S/c1-4-21-25(39-10-8-34-16(2)13-39)27(43)41-28(36-26(37-41)22-11-17-7-9-38(3)14-23(17)44-22)40(21)15-24(42)35-20-6-5-18(12-19(20)30)29(31,32)33/h5-6,11-12,16,34H,4,7-10,13-15H2,1-3H3,(H,35,42)/t16-/m1/s1/i3D3. The number of alkyl halides is 3. The van der Waals surface area contributed by atoms with Gasteiger partial charge in [-0.2, -0.15) is 22.7 Å². The van der Waals surface area contributed by atoms with Crippen LogP contribution in [0.1, 0.15) is 39.7 Å². The summed E-state index contributed by atoms with van der Waals surface area (Å²) in [5.41, 5.74) is 0.627. The maximum Gasteiger partial charge on any atom is 0.416 e. The summed E-state index contributed by atoms with van der Waals surface area (Å²) in [5.74, 6) is -0.208. The van der Waals surface area contributed by atoms with E-state index >= 15 is 0 Å². The van der Waals surface area contributed by atoms with E-state index in [0.717, 1.165) is 28.6 Å². The first kappa shape index (κ1) is 26.9. The molecule has 5 heterocycles. The van der Waals surface area contributed by atoms with Crippen LogP contribution in [0.25, 0.3) is 16.5 Å². The quantitative estimate of drug-likeness (QED) is 0.321. The highest BCUT2D eigenvalue weighted by Crippen LogP contribution is 2.35. The van der Waals surface area contributed by atoms with Crippen molar-refractivity contribution >= 4 is 46.0 Å². The number of likely N-dealkylation sites (N-methyl/N-ethyl adjacent to an activating group) is 1. The summed E-state index contributed by atoms with van der Waals surface area (Å²) in [4.78, 5) is 37.2. The number of nitrogens with one attached hydrogen (secondary N) is 2. The number of hydrogen-bond acceptors (Lipinski definition) is 8. The van der Waals surface area contributed by atoms with Gasteiger partial charge in [0.25, 0.3) is 5.56 Å². The maximum absolute atomic E-state index is 14.1. The number of anilines is 2. The number of rotatable bonds is 6. The largest absolute Gasteiger partial charge is 0.416 e. The lowest BCUT2D eigenvalue weighted by molar-refractivity contribution is -0.137. The normalized spacial score (nSPS) is 19.0. The zero-order valence-electron chi connectivity index (χ0n) is 27.0. The summed E-state index contributed by atoms with van der Waals surface area (Å²) < 4.78 is 65.7. The fraction of sp³-hybridized carbons (Fsp3) is 0.448. The van der Waals surface area contributed by atoms with Crippen LogP contribution in [-0.2, 0) is 36.9 Å². The van der Waals surface area contributed by atoms with Gasteiger partial charge < -0.3 is 25.0 Å². The van der Waals surface area contributed by atoms with Gasteiger partial charge >= 0.3 is 6.18 Å². The van der Waals surface area contributed by atoms with Crippen molar-refractivity contribution in [3.63, 3.8) is 0 Å². The Labute approximate surface area is 264 Å². The topological polar surface area (TPSA) is 99.8 Å². The van der Waals surface area contributed by atoms with Crippen LogP contribution in [0.2, 0.25) is 5.02 Å². The average Bonchev–Trinajstić information content (AvgIpc) is 3.63. The molecule has 2 aliphatic rings. The highest BCUT2D eigenvalue weighted by Gasteiger charge is 2.31. The van der Waals surface area contributed by atoms with Gasteiger partial charge in [-0.25, -0.2) is 0 Å². The van der Waals surface area contributed by atoms with Crippen LogP contribution >= 0.6 is 22.9 Å². The number of hydrogen-bond donors (Lipinski definition) is 2. The lowest BCUT2D eigenvalue weighted by Crippen LogP contribution is -2.51. The summed E-state index contributed by atoms with van der Waals surface area (Å²) in [6, 6.07) is 4.70. The van der Waals surface area contributed by atoms with E-state index < -0.39 is 24.6 Å². The minimum Gasteiger partial charge on any atom is -0.363 e. The molecule has 0 saturated carbocycles. The van der Waals surface area contributed by atoms with E-state index in [4.69, 9.17) is 20.7 Å². The van der Waals surface area contributed by atoms with Gasteiger partial charge in [-0.05, 0) is 56.6 Å². The van der Waals surface area contributed by atoms with Crippen molar-refractivity contribution in [2.45, 2.75) is 52.0 Å². The van der Waals surface area contributed by atoms with E-state index in [-0.39, 0.29) is 47.0 Å². The Morgan fingerprint density at radius 2 is 2.11 bits per heavy atom. The van der Waals surface area contributed by atoms with E-state index in [1.807, 2.05) is 24.8 Å². The van der Waals surface area contributed by atoms with Crippen LogP contribution in [0.15, 0.2) is 29.1 Å². The molecule has 2 N–H and O–H groups in total. The third-order valence-corrected chi connectivity index (χ3v) is 9.29. The molecule has 1 fully saturated rings. The monoisotopic (exact) mass is 651 g/mol. The highest BCUT2D eigenvalue weighted by atomic mass is 35.5. The van der Waals surface area contributed by atoms with E-state index in [2.05, 4.69) is 15.7 Å². The molecule has 3 aromatic heterocycles. The average molecular weight is 652 g/mol. The number of amides is 1. The summed E-state index contributed by atoms with van der Waals surface area (Å²) in [6.45, 7) is 3.70. The Kier molecular flexibility index (Phi) is 7.22. The van der Waals surface area contributed by atoms with Crippen molar-refractivity contribution in [3.8, 4) is 10.7 Å². The molecule has 0 unspecified atom stereocenters. The van der Waals surface area contributed by atoms with Crippen molar-refractivity contribution in [3.05, 3.63) is 61.3 Å². The molecule has 6 rings (SSSR count). The van der Waals surface area contributed by atoms with Crippen LogP contribution in [0.5, 0.6) is 0 Å². The van der Waals surface area contributed by atoms with Crippen LogP contribution in [0.4, 0.5) is 24.5 Å². The van der Waals surface area contributed by atoms with Crippen molar-refractivity contribution in [2.75, 3.05) is 43.4 Å². The second-order valence-electron chi connectivity index (χ2n) is 11.0. The molecule has 4 aromatic rings. The van der Waals surface area contributed by atoms with Crippen molar-refractivity contribution in [1.82, 2.24) is 29.4 Å². The van der Waals surface area contributed by atoms with Gasteiger partial charge in [-0.15, -0.1) is 16.4 Å². The Hall–Kier alpha value is -3.46. The lowest BCUT2D eigenvalue weighted by atomic mass is 10.1. The summed E-state index contributed by atoms with van der Waals surface area (Å²) >= 11 is 7.47. The molecule has 1 atom stereocenters. The molecule has 2 aliphatic heterocycles. The summed E-state index contributed by atoms with van der Waals surface area (Å²) in [7, 11) is 0. The van der Waals surface area contributed by atoms with Crippen LogP contribution < -0.4 is 21.1 Å². The third-order valence-electron chi connectivity index (χ3n) is 7.82. The predicted octanol–water partition coefficient (Wildman–Crippen LogP) is 4.28. The second-order valence-corrected chi connectivity index (χ2v) is 12.5. The smallest absolute Gasteiger partial charge is 0.363 e. The fourth-order valence-corrected chi connectivity index (χ4v) is 7.11. The number of benzene rings is 1. The maximum atomic E-state index is 14.1. The molecule has 0 spiro atoms. The third kappa shape index (κ3) is 5.83. The summed E-state index contributed by atoms with van der Waals surface area (Å²) in [5, 5.41) is 10.3. The molecule has 0 aliphatic carbocycles. The number of piperazine rings is 1. The van der Waals surface area contributed by atoms with Gasteiger partial charge in [0.05, 0.1) is 26.8 Å².